The quantitative estimate of drug-likeness (QED) is 0.424. The zero-order valence-electron chi connectivity index (χ0n) is 16.1. The van der Waals surface area contributed by atoms with Crippen molar-refractivity contribution in [3.8, 4) is 11.1 Å². The number of aryl methyl sites for hydroxylation is 1. The van der Waals surface area contributed by atoms with Gasteiger partial charge in [-0.3, -0.25) is 9.59 Å². The second-order valence-corrected chi connectivity index (χ2v) is 7.56. The molecule has 29 heavy (non-hydrogen) atoms. The number of carbonyl (C=O) groups excluding carboxylic acids is 1. The van der Waals surface area contributed by atoms with Gasteiger partial charge in [0.25, 0.3) is 0 Å². The molecule has 1 N–H and O–H groups in total. The second-order valence-electron chi connectivity index (χ2n) is 7.12. The number of Topliss-reactive ketones (excluding diaryl/α,β-unsaturated/α-hetero) is 1. The van der Waals surface area contributed by atoms with E-state index in [1.807, 2.05) is 66.7 Å². The van der Waals surface area contributed by atoms with E-state index in [9.17, 15) is 14.7 Å². The molecule has 1 unspecified atom stereocenters. The topological polar surface area (TPSA) is 54.4 Å². The Morgan fingerprint density at radius 2 is 1.41 bits per heavy atom. The third-order valence-electron chi connectivity index (χ3n) is 5.03. The molecule has 4 heteroatoms. The molecular weight excluding hydrogens is 384 g/mol. The summed E-state index contributed by atoms with van der Waals surface area (Å²) in [5.74, 6) is -1.72. The number of carboxylic acids is 1. The molecule has 148 valence electrons. The van der Waals surface area contributed by atoms with Crippen LogP contribution >= 0.6 is 11.6 Å². The van der Waals surface area contributed by atoms with Crippen molar-refractivity contribution in [3.63, 3.8) is 0 Å². The number of hydrogen-bond acceptors (Lipinski definition) is 2. The van der Waals surface area contributed by atoms with Crippen LogP contribution in [0.4, 0.5) is 0 Å². The number of aliphatic carboxylic acids is 1. The van der Waals surface area contributed by atoms with E-state index in [-0.39, 0.29) is 12.2 Å². The summed E-state index contributed by atoms with van der Waals surface area (Å²) in [6.07, 6.45) is 2.06. The third kappa shape index (κ3) is 6.03. The molecule has 0 aliphatic carbocycles. The first-order valence-electron chi connectivity index (χ1n) is 9.69. The number of rotatable bonds is 9. The van der Waals surface area contributed by atoms with E-state index < -0.39 is 11.9 Å². The van der Waals surface area contributed by atoms with Gasteiger partial charge in [0.2, 0.25) is 0 Å². The first-order chi connectivity index (χ1) is 14.0. The van der Waals surface area contributed by atoms with Crippen molar-refractivity contribution in [2.45, 2.75) is 25.7 Å². The molecule has 0 bridgehead atoms. The van der Waals surface area contributed by atoms with Gasteiger partial charge in [0, 0.05) is 17.0 Å². The molecule has 0 spiro atoms. The maximum atomic E-state index is 12.6. The van der Waals surface area contributed by atoms with Crippen molar-refractivity contribution in [2.75, 3.05) is 0 Å². The zero-order valence-corrected chi connectivity index (χ0v) is 16.8. The highest BCUT2D eigenvalue weighted by Crippen LogP contribution is 2.23. The minimum absolute atomic E-state index is 0.0183. The van der Waals surface area contributed by atoms with Crippen LogP contribution in [0.15, 0.2) is 78.9 Å². The van der Waals surface area contributed by atoms with Crippen molar-refractivity contribution in [3.05, 3.63) is 95.0 Å². The molecule has 3 aromatic rings. The fraction of sp³-hybridized carbons (Fsp3) is 0.200. The minimum Gasteiger partial charge on any atom is -0.481 e. The van der Waals surface area contributed by atoms with Gasteiger partial charge < -0.3 is 5.11 Å². The van der Waals surface area contributed by atoms with E-state index in [0.717, 1.165) is 24.0 Å². The Morgan fingerprint density at radius 3 is 2.00 bits per heavy atom. The fourth-order valence-corrected chi connectivity index (χ4v) is 3.47. The van der Waals surface area contributed by atoms with Crippen LogP contribution in [0.1, 0.15) is 35.2 Å². The molecule has 0 aromatic heterocycles. The molecule has 0 aliphatic rings. The van der Waals surface area contributed by atoms with Crippen LogP contribution in [0.5, 0.6) is 0 Å². The minimum atomic E-state index is -0.913. The van der Waals surface area contributed by atoms with Crippen LogP contribution in [-0.4, -0.2) is 16.9 Å². The molecule has 1 atom stereocenters. The molecule has 0 fully saturated rings. The summed E-state index contributed by atoms with van der Waals surface area (Å²) < 4.78 is 0. The van der Waals surface area contributed by atoms with Crippen LogP contribution in [-0.2, 0) is 11.2 Å². The van der Waals surface area contributed by atoms with Crippen LogP contribution in [0.3, 0.4) is 0 Å². The molecule has 0 saturated carbocycles. The second kappa shape index (κ2) is 10.0. The summed E-state index contributed by atoms with van der Waals surface area (Å²) in [6.45, 7) is 0. The molecule has 0 amide bonds. The normalized spacial score (nSPS) is 11.8. The molecule has 0 heterocycles. The number of hydrogen-bond donors (Lipinski definition) is 1. The van der Waals surface area contributed by atoms with Gasteiger partial charge in [-0.1, -0.05) is 78.3 Å². The van der Waals surface area contributed by atoms with Gasteiger partial charge >= 0.3 is 5.97 Å². The van der Waals surface area contributed by atoms with Crippen LogP contribution in [0.25, 0.3) is 11.1 Å². The average molecular weight is 407 g/mol. The van der Waals surface area contributed by atoms with Crippen LogP contribution < -0.4 is 0 Å². The Kier molecular flexibility index (Phi) is 7.20. The Bertz CT molecular complexity index is 948. The summed E-state index contributed by atoms with van der Waals surface area (Å²) in [7, 11) is 0. The van der Waals surface area contributed by atoms with Gasteiger partial charge in [-0.05, 0) is 48.1 Å². The highest BCUT2D eigenvalue weighted by Gasteiger charge is 2.21. The van der Waals surface area contributed by atoms with Gasteiger partial charge in [-0.15, -0.1) is 0 Å². The molecule has 3 rings (SSSR count). The lowest BCUT2D eigenvalue weighted by Gasteiger charge is -2.12. The van der Waals surface area contributed by atoms with Crippen molar-refractivity contribution < 1.29 is 14.7 Å². The van der Waals surface area contributed by atoms with Crippen molar-refractivity contribution in [1.29, 1.82) is 0 Å². The van der Waals surface area contributed by atoms with E-state index in [1.165, 1.54) is 5.56 Å². The van der Waals surface area contributed by atoms with Crippen molar-refractivity contribution in [2.24, 2.45) is 5.92 Å². The summed E-state index contributed by atoms with van der Waals surface area (Å²) in [6, 6.07) is 24.7. The van der Waals surface area contributed by atoms with Gasteiger partial charge in [0.15, 0.2) is 5.78 Å². The molecule has 0 saturated heterocycles. The average Bonchev–Trinajstić information content (AvgIpc) is 2.74. The first kappa shape index (κ1) is 20.8. The summed E-state index contributed by atoms with van der Waals surface area (Å²) in [5, 5.41) is 10.2. The van der Waals surface area contributed by atoms with E-state index in [1.54, 1.807) is 12.1 Å². The number of ketones is 1. The lowest BCUT2D eigenvalue weighted by atomic mass is 9.92. The van der Waals surface area contributed by atoms with Crippen LogP contribution in [0, 0.1) is 5.92 Å². The highest BCUT2D eigenvalue weighted by molar-refractivity contribution is 6.30. The number of halogens is 1. The molecule has 0 aliphatic heterocycles. The molecule has 0 radical (unpaired) electrons. The maximum absolute atomic E-state index is 12.6. The number of carbonyl (C=O) groups is 2. The standard InChI is InChI=1S/C25H23ClO3/c26-23-15-13-20(14-16-23)19-9-11-21(12-10-19)24(27)17-22(25(28)29)8-4-7-18-5-2-1-3-6-18/h1-3,5-6,9-16,22H,4,7-8,17H2,(H,28,29). The molecular formula is C25H23ClO3. The Morgan fingerprint density at radius 1 is 0.828 bits per heavy atom. The van der Waals surface area contributed by atoms with Gasteiger partial charge in [-0.2, -0.15) is 0 Å². The van der Waals surface area contributed by atoms with E-state index in [0.29, 0.717) is 17.0 Å². The SMILES string of the molecule is O=C(CC(CCCc1ccccc1)C(=O)O)c1ccc(-c2ccc(Cl)cc2)cc1. The number of carboxylic acid groups (broad SMARTS) is 1. The lowest BCUT2D eigenvalue weighted by molar-refractivity contribution is -0.141. The van der Waals surface area contributed by atoms with Gasteiger partial charge in [0.1, 0.15) is 0 Å². The van der Waals surface area contributed by atoms with Gasteiger partial charge in [0.05, 0.1) is 5.92 Å². The monoisotopic (exact) mass is 406 g/mol. The van der Waals surface area contributed by atoms with Crippen molar-refractivity contribution >= 4 is 23.4 Å². The number of benzene rings is 3. The third-order valence-corrected chi connectivity index (χ3v) is 5.28. The molecule has 3 nitrogen and oxygen atoms in total. The smallest absolute Gasteiger partial charge is 0.306 e. The van der Waals surface area contributed by atoms with Crippen LogP contribution in [0.2, 0.25) is 5.02 Å². The predicted octanol–water partition coefficient (Wildman–Crippen LogP) is 6.30. The lowest BCUT2D eigenvalue weighted by Crippen LogP contribution is -2.18. The largest absolute Gasteiger partial charge is 0.481 e. The maximum Gasteiger partial charge on any atom is 0.306 e. The summed E-state index contributed by atoms with van der Waals surface area (Å²) >= 11 is 5.92. The zero-order chi connectivity index (χ0) is 20.6. The summed E-state index contributed by atoms with van der Waals surface area (Å²) in [4.78, 5) is 24.2. The van der Waals surface area contributed by atoms with Gasteiger partial charge in [-0.25, -0.2) is 0 Å². The van der Waals surface area contributed by atoms with E-state index in [4.69, 9.17) is 11.6 Å². The summed E-state index contributed by atoms with van der Waals surface area (Å²) in [5.41, 5.74) is 3.71. The highest BCUT2D eigenvalue weighted by atomic mass is 35.5. The fourth-order valence-electron chi connectivity index (χ4n) is 3.34. The predicted molar refractivity (Wildman–Crippen MR) is 116 cm³/mol. The van der Waals surface area contributed by atoms with Crippen molar-refractivity contribution in [1.82, 2.24) is 0 Å². The van der Waals surface area contributed by atoms with E-state index in [2.05, 4.69) is 0 Å². The Labute approximate surface area is 176 Å². The molecule has 3 aromatic carbocycles. The van der Waals surface area contributed by atoms with E-state index >= 15 is 0 Å². The first-order valence-corrected chi connectivity index (χ1v) is 10.1. The Balaban J connectivity index is 1.59. The Hall–Kier alpha value is -2.91.